The van der Waals surface area contributed by atoms with Crippen molar-refractivity contribution in [3.8, 4) is 11.5 Å². The molecule has 0 aliphatic heterocycles. The predicted octanol–water partition coefficient (Wildman–Crippen LogP) is 5.02. The SMILES string of the molecule is CC(=O)C(c1ccc(C(F)(F)F)nc1)c1ccc(OC(F)F)c(OC(F)F)c1. The van der Waals surface area contributed by atoms with Gasteiger partial charge in [0.05, 0.1) is 5.92 Å². The molecular formula is C17H12F7NO3. The van der Waals surface area contributed by atoms with Gasteiger partial charge in [-0.2, -0.15) is 30.7 Å². The van der Waals surface area contributed by atoms with Crippen molar-refractivity contribution < 1.29 is 45.0 Å². The Morgan fingerprint density at radius 3 is 1.96 bits per heavy atom. The number of alkyl halides is 7. The van der Waals surface area contributed by atoms with Gasteiger partial charge in [0.15, 0.2) is 11.5 Å². The maximum atomic E-state index is 12.6. The lowest BCUT2D eigenvalue weighted by Crippen LogP contribution is -2.14. The number of ketones is 1. The lowest BCUT2D eigenvalue weighted by molar-refractivity contribution is -0.141. The van der Waals surface area contributed by atoms with Gasteiger partial charge in [0.25, 0.3) is 0 Å². The minimum atomic E-state index is -4.68. The van der Waals surface area contributed by atoms with Crippen LogP contribution in [-0.4, -0.2) is 24.0 Å². The number of hydrogen-bond acceptors (Lipinski definition) is 4. The van der Waals surface area contributed by atoms with Crippen molar-refractivity contribution in [3.05, 3.63) is 53.3 Å². The Morgan fingerprint density at radius 1 is 0.929 bits per heavy atom. The van der Waals surface area contributed by atoms with Crippen LogP contribution in [0.1, 0.15) is 29.7 Å². The second-order valence-corrected chi connectivity index (χ2v) is 5.48. The van der Waals surface area contributed by atoms with E-state index in [4.69, 9.17) is 0 Å². The Kier molecular flexibility index (Phi) is 6.47. The molecule has 2 rings (SSSR count). The Labute approximate surface area is 153 Å². The summed E-state index contributed by atoms with van der Waals surface area (Å²) in [5, 5.41) is 0. The standard InChI is InChI=1S/C17H12F7NO3/c1-8(26)14(10-3-5-13(25-7-10)17(22,23)24)9-2-4-11(27-15(18)19)12(6-9)28-16(20)21/h2-7,14-16H,1H3. The van der Waals surface area contributed by atoms with Gasteiger partial charge in [-0.3, -0.25) is 9.78 Å². The number of carbonyl (C=O) groups excluding carboxylic acids is 1. The first-order valence-corrected chi connectivity index (χ1v) is 7.56. The quantitative estimate of drug-likeness (QED) is 0.600. The van der Waals surface area contributed by atoms with Gasteiger partial charge in [0.2, 0.25) is 0 Å². The van der Waals surface area contributed by atoms with Crippen LogP contribution in [-0.2, 0) is 11.0 Å². The highest BCUT2D eigenvalue weighted by Crippen LogP contribution is 2.36. The number of ether oxygens (including phenoxy) is 2. The van der Waals surface area contributed by atoms with Gasteiger partial charge in [-0.25, -0.2) is 0 Å². The van der Waals surface area contributed by atoms with Crippen molar-refractivity contribution in [2.45, 2.75) is 32.2 Å². The summed E-state index contributed by atoms with van der Waals surface area (Å²) in [5.41, 5.74) is -1.11. The number of pyridine rings is 1. The van der Waals surface area contributed by atoms with Crippen LogP contribution in [0.3, 0.4) is 0 Å². The zero-order chi connectivity index (χ0) is 21.1. The van der Waals surface area contributed by atoms with E-state index in [1.54, 1.807) is 0 Å². The number of halogens is 7. The van der Waals surface area contributed by atoms with E-state index in [2.05, 4.69) is 14.5 Å². The number of benzene rings is 1. The molecule has 1 aromatic carbocycles. The largest absolute Gasteiger partial charge is 0.433 e. The van der Waals surface area contributed by atoms with Crippen LogP contribution < -0.4 is 9.47 Å². The highest BCUT2D eigenvalue weighted by Gasteiger charge is 2.33. The maximum Gasteiger partial charge on any atom is 0.433 e. The molecule has 0 spiro atoms. The van der Waals surface area contributed by atoms with Crippen LogP contribution in [0.15, 0.2) is 36.5 Å². The van der Waals surface area contributed by atoms with Crippen molar-refractivity contribution in [1.82, 2.24) is 4.98 Å². The third-order valence-corrected chi connectivity index (χ3v) is 3.55. The lowest BCUT2D eigenvalue weighted by Gasteiger charge is -2.18. The summed E-state index contributed by atoms with van der Waals surface area (Å²) < 4.78 is 96.1. The number of aromatic nitrogens is 1. The molecule has 0 N–H and O–H groups in total. The summed E-state index contributed by atoms with van der Waals surface area (Å²) in [6, 6.07) is 4.59. The molecule has 1 atom stereocenters. The third kappa shape index (κ3) is 5.33. The smallest absolute Gasteiger partial charge is 0.431 e. The molecule has 0 fully saturated rings. The van der Waals surface area contributed by atoms with Crippen LogP contribution in [0.4, 0.5) is 30.7 Å². The van der Waals surface area contributed by atoms with Gasteiger partial charge >= 0.3 is 19.4 Å². The molecule has 1 heterocycles. The lowest BCUT2D eigenvalue weighted by atomic mass is 9.89. The number of rotatable bonds is 7. The normalized spacial score (nSPS) is 12.9. The first kappa shape index (κ1) is 21.5. The Morgan fingerprint density at radius 2 is 1.50 bits per heavy atom. The molecule has 0 aliphatic carbocycles. The van der Waals surface area contributed by atoms with E-state index in [9.17, 15) is 35.5 Å². The molecule has 0 saturated heterocycles. The van der Waals surface area contributed by atoms with Gasteiger partial charge in [-0.1, -0.05) is 12.1 Å². The molecule has 0 aliphatic rings. The van der Waals surface area contributed by atoms with Gasteiger partial charge in [-0.05, 0) is 36.2 Å². The second-order valence-electron chi connectivity index (χ2n) is 5.48. The van der Waals surface area contributed by atoms with E-state index in [1.807, 2.05) is 0 Å². The van der Waals surface area contributed by atoms with E-state index < -0.39 is 48.3 Å². The number of nitrogens with zero attached hydrogens (tertiary/aromatic N) is 1. The molecule has 2 aromatic rings. The van der Waals surface area contributed by atoms with E-state index in [1.165, 1.54) is 0 Å². The predicted molar refractivity (Wildman–Crippen MR) is 81.5 cm³/mol. The van der Waals surface area contributed by atoms with Gasteiger partial charge in [0.1, 0.15) is 11.5 Å². The first-order valence-electron chi connectivity index (χ1n) is 7.56. The first-order chi connectivity index (χ1) is 13.0. The number of Topliss-reactive ketones (excluding diaryl/α,β-unsaturated/α-hetero) is 1. The van der Waals surface area contributed by atoms with Crippen molar-refractivity contribution >= 4 is 5.78 Å². The molecule has 4 nitrogen and oxygen atoms in total. The summed E-state index contributed by atoms with van der Waals surface area (Å²) in [6.45, 7) is -5.55. The summed E-state index contributed by atoms with van der Waals surface area (Å²) in [5.74, 6) is -3.17. The summed E-state index contributed by atoms with van der Waals surface area (Å²) in [6.07, 6.45) is -3.86. The zero-order valence-corrected chi connectivity index (χ0v) is 14.0. The molecule has 0 bridgehead atoms. The Bertz CT molecular complexity index is 822. The van der Waals surface area contributed by atoms with E-state index >= 15 is 0 Å². The van der Waals surface area contributed by atoms with E-state index in [-0.39, 0.29) is 11.1 Å². The van der Waals surface area contributed by atoms with Gasteiger partial charge in [0, 0.05) is 6.20 Å². The Balaban J connectivity index is 2.46. The fourth-order valence-corrected chi connectivity index (χ4v) is 2.49. The molecule has 11 heteroatoms. The fourth-order valence-electron chi connectivity index (χ4n) is 2.49. The third-order valence-electron chi connectivity index (χ3n) is 3.55. The Hall–Kier alpha value is -2.85. The van der Waals surface area contributed by atoms with Crippen molar-refractivity contribution in [2.75, 3.05) is 0 Å². The van der Waals surface area contributed by atoms with Crippen LogP contribution in [0.25, 0.3) is 0 Å². The van der Waals surface area contributed by atoms with E-state index in [0.29, 0.717) is 6.07 Å². The van der Waals surface area contributed by atoms with Gasteiger partial charge in [-0.15, -0.1) is 0 Å². The van der Waals surface area contributed by atoms with Crippen molar-refractivity contribution in [2.24, 2.45) is 0 Å². The summed E-state index contributed by atoms with van der Waals surface area (Å²) >= 11 is 0. The van der Waals surface area contributed by atoms with Crippen LogP contribution in [0.5, 0.6) is 11.5 Å². The van der Waals surface area contributed by atoms with Crippen molar-refractivity contribution in [3.63, 3.8) is 0 Å². The highest BCUT2D eigenvalue weighted by molar-refractivity contribution is 5.87. The molecule has 152 valence electrons. The number of hydrogen-bond donors (Lipinski definition) is 0. The highest BCUT2D eigenvalue weighted by atomic mass is 19.4. The topological polar surface area (TPSA) is 48.4 Å². The summed E-state index contributed by atoms with van der Waals surface area (Å²) in [7, 11) is 0. The monoisotopic (exact) mass is 411 g/mol. The molecular weight excluding hydrogens is 399 g/mol. The average Bonchev–Trinajstić information content (AvgIpc) is 2.56. The summed E-state index contributed by atoms with van der Waals surface area (Å²) in [4.78, 5) is 15.3. The molecule has 1 unspecified atom stereocenters. The van der Waals surface area contributed by atoms with Crippen LogP contribution >= 0.6 is 0 Å². The number of carbonyl (C=O) groups is 1. The molecule has 0 amide bonds. The zero-order valence-electron chi connectivity index (χ0n) is 14.0. The van der Waals surface area contributed by atoms with E-state index in [0.717, 1.165) is 37.4 Å². The average molecular weight is 411 g/mol. The minimum Gasteiger partial charge on any atom is -0.431 e. The molecule has 28 heavy (non-hydrogen) atoms. The second kappa shape index (κ2) is 8.44. The van der Waals surface area contributed by atoms with Crippen LogP contribution in [0.2, 0.25) is 0 Å². The van der Waals surface area contributed by atoms with Gasteiger partial charge < -0.3 is 9.47 Å². The van der Waals surface area contributed by atoms with Crippen LogP contribution in [0, 0.1) is 0 Å². The minimum absolute atomic E-state index is 0.0197. The molecule has 0 radical (unpaired) electrons. The molecule has 0 saturated carbocycles. The van der Waals surface area contributed by atoms with Crippen molar-refractivity contribution in [1.29, 1.82) is 0 Å². The maximum absolute atomic E-state index is 12.6. The fraction of sp³-hybridized carbons (Fsp3) is 0.294. The molecule has 1 aromatic heterocycles.